The van der Waals surface area contributed by atoms with E-state index in [4.69, 9.17) is 9.47 Å². The molecule has 0 aromatic heterocycles. The highest BCUT2D eigenvalue weighted by Gasteiger charge is 2.33. The molecule has 1 aromatic rings. The van der Waals surface area contributed by atoms with Gasteiger partial charge in [0.15, 0.2) is 5.96 Å². The van der Waals surface area contributed by atoms with E-state index in [2.05, 4.69) is 15.6 Å². The molecule has 0 amide bonds. The van der Waals surface area contributed by atoms with Crippen molar-refractivity contribution in [2.75, 3.05) is 40.5 Å². The third-order valence-electron chi connectivity index (χ3n) is 4.81. The summed E-state index contributed by atoms with van der Waals surface area (Å²) in [5, 5.41) is 6.68. The van der Waals surface area contributed by atoms with Crippen molar-refractivity contribution in [1.82, 2.24) is 10.6 Å². The molecule has 1 aliphatic rings. The second kappa shape index (κ2) is 10.2. The molecule has 0 aliphatic heterocycles. The summed E-state index contributed by atoms with van der Waals surface area (Å²) in [6.07, 6.45) is 6.14. The molecular formula is C19H30FN3O2. The first kappa shape index (κ1) is 19.5. The van der Waals surface area contributed by atoms with Crippen molar-refractivity contribution < 1.29 is 13.9 Å². The Morgan fingerprint density at radius 2 is 2.04 bits per heavy atom. The number of aliphatic imine (C=N–C) groups is 1. The van der Waals surface area contributed by atoms with Gasteiger partial charge in [-0.15, -0.1) is 0 Å². The molecule has 1 saturated carbocycles. The van der Waals surface area contributed by atoms with E-state index in [0.717, 1.165) is 25.5 Å². The van der Waals surface area contributed by atoms with Crippen molar-refractivity contribution in [2.24, 2.45) is 10.4 Å². The van der Waals surface area contributed by atoms with Crippen LogP contribution in [0.1, 0.15) is 32.1 Å². The smallest absolute Gasteiger partial charge is 0.191 e. The third-order valence-corrected chi connectivity index (χ3v) is 4.81. The molecule has 25 heavy (non-hydrogen) atoms. The van der Waals surface area contributed by atoms with Gasteiger partial charge in [0.25, 0.3) is 0 Å². The minimum atomic E-state index is -0.291. The number of hydrogen-bond acceptors (Lipinski definition) is 3. The summed E-state index contributed by atoms with van der Waals surface area (Å²) in [6.45, 7) is 2.75. The van der Waals surface area contributed by atoms with Crippen LogP contribution in [0.5, 0.6) is 5.75 Å². The maximum absolute atomic E-state index is 13.1. The van der Waals surface area contributed by atoms with Crippen LogP contribution in [0, 0.1) is 11.2 Å². The van der Waals surface area contributed by atoms with Crippen molar-refractivity contribution in [2.45, 2.75) is 32.1 Å². The second-order valence-corrected chi connectivity index (χ2v) is 6.61. The van der Waals surface area contributed by atoms with E-state index in [1.165, 1.54) is 37.8 Å². The topological polar surface area (TPSA) is 54.9 Å². The van der Waals surface area contributed by atoms with Gasteiger partial charge in [-0.1, -0.05) is 18.9 Å². The standard InChI is InChI=1S/C19H30FN3O2/c1-21-18(22-11-13-25-17-7-5-6-16(20)14-17)23-15-19(10-12-24-2)8-3-4-9-19/h5-7,14H,3-4,8-13,15H2,1-2H3,(H2,21,22,23). The van der Waals surface area contributed by atoms with Crippen LogP contribution in [0.25, 0.3) is 0 Å². The largest absolute Gasteiger partial charge is 0.492 e. The van der Waals surface area contributed by atoms with E-state index >= 15 is 0 Å². The van der Waals surface area contributed by atoms with Crippen molar-refractivity contribution in [3.63, 3.8) is 0 Å². The Kier molecular flexibility index (Phi) is 7.98. The van der Waals surface area contributed by atoms with Crippen LogP contribution in [0.2, 0.25) is 0 Å². The molecule has 1 aromatic carbocycles. The second-order valence-electron chi connectivity index (χ2n) is 6.61. The molecule has 0 unspecified atom stereocenters. The van der Waals surface area contributed by atoms with E-state index < -0.39 is 0 Å². The average molecular weight is 351 g/mol. The molecule has 1 aliphatic carbocycles. The lowest BCUT2D eigenvalue weighted by atomic mass is 9.83. The van der Waals surface area contributed by atoms with E-state index in [9.17, 15) is 4.39 Å². The van der Waals surface area contributed by atoms with Crippen LogP contribution in [-0.2, 0) is 4.74 Å². The lowest BCUT2D eigenvalue weighted by Gasteiger charge is -2.29. The zero-order chi connectivity index (χ0) is 18.0. The first-order valence-corrected chi connectivity index (χ1v) is 8.99. The van der Waals surface area contributed by atoms with Crippen molar-refractivity contribution >= 4 is 5.96 Å². The van der Waals surface area contributed by atoms with Gasteiger partial charge in [0.2, 0.25) is 0 Å². The van der Waals surface area contributed by atoms with Gasteiger partial charge < -0.3 is 20.1 Å². The maximum Gasteiger partial charge on any atom is 0.191 e. The number of guanidine groups is 1. The van der Waals surface area contributed by atoms with E-state index in [1.54, 1.807) is 26.3 Å². The highest BCUT2D eigenvalue weighted by molar-refractivity contribution is 5.79. The van der Waals surface area contributed by atoms with Gasteiger partial charge in [-0.2, -0.15) is 0 Å². The van der Waals surface area contributed by atoms with Gasteiger partial charge in [-0.05, 0) is 36.8 Å². The molecule has 6 heteroatoms. The normalized spacial score (nSPS) is 16.7. The summed E-state index contributed by atoms with van der Waals surface area (Å²) in [4.78, 5) is 4.27. The van der Waals surface area contributed by atoms with Gasteiger partial charge in [-0.25, -0.2) is 4.39 Å². The lowest BCUT2D eigenvalue weighted by Crippen LogP contribution is -2.44. The Morgan fingerprint density at radius 1 is 1.24 bits per heavy atom. The molecule has 2 rings (SSSR count). The molecule has 0 heterocycles. The van der Waals surface area contributed by atoms with Crippen LogP contribution in [-0.4, -0.2) is 46.4 Å². The number of methoxy groups -OCH3 is 1. The molecule has 2 N–H and O–H groups in total. The molecule has 0 bridgehead atoms. The molecule has 0 atom stereocenters. The highest BCUT2D eigenvalue weighted by atomic mass is 19.1. The first-order chi connectivity index (χ1) is 12.2. The van der Waals surface area contributed by atoms with Crippen LogP contribution >= 0.6 is 0 Å². The number of nitrogens with one attached hydrogen (secondary N) is 2. The van der Waals surface area contributed by atoms with Crippen LogP contribution in [0.4, 0.5) is 4.39 Å². The summed E-state index contributed by atoms with van der Waals surface area (Å²) in [5.41, 5.74) is 0.311. The quantitative estimate of drug-likeness (QED) is 0.408. The number of benzene rings is 1. The molecule has 1 fully saturated rings. The summed E-state index contributed by atoms with van der Waals surface area (Å²) in [6, 6.07) is 6.17. The molecular weight excluding hydrogens is 321 g/mol. The fourth-order valence-corrected chi connectivity index (χ4v) is 3.35. The molecule has 0 saturated heterocycles. The van der Waals surface area contributed by atoms with Gasteiger partial charge in [-0.3, -0.25) is 4.99 Å². The fourth-order valence-electron chi connectivity index (χ4n) is 3.35. The number of hydrogen-bond donors (Lipinski definition) is 2. The average Bonchev–Trinajstić information content (AvgIpc) is 3.09. The summed E-state index contributed by atoms with van der Waals surface area (Å²) in [5.74, 6) is 1.02. The van der Waals surface area contributed by atoms with Crippen LogP contribution < -0.4 is 15.4 Å². The molecule has 0 spiro atoms. The molecule has 5 nitrogen and oxygen atoms in total. The Labute approximate surface area is 150 Å². The molecule has 140 valence electrons. The lowest BCUT2D eigenvalue weighted by molar-refractivity contribution is 0.138. The van der Waals surface area contributed by atoms with Crippen LogP contribution in [0.15, 0.2) is 29.3 Å². The summed E-state index contributed by atoms with van der Waals surface area (Å²) >= 11 is 0. The Morgan fingerprint density at radius 3 is 2.72 bits per heavy atom. The predicted molar refractivity (Wildman–Crippen MR) is 98.7 cm³/mol. The highest BCUT2D eigenvalue weighted by Crippen LogP contribution is 2.40. The van der Waals surface area contributed by atoms with Gasteiger partial charge in [0.1, 0.15) is 18.2 Å². The van der Waals surface area contributed by atoms with Gasteiger partial charge in [0, 0.05) is 33.4 Å². The van der Waals surface area contributed by atoms with E-state index in [0.29, 0.717) is 24.3 Å². The minimum absolute atomic E-state index is 0.291. The summed E-state index contributed by atoms with van der Waals surface area (Å²) in [7, 11) is 3.52. The van der Waals surface area contributed by atoms with Crippen molar-refractivity contribution in [3.05, 3.63) is 30.1 Å². The Balaban J connectivity index is 1.71. The zero-order valence-electron chi connectivity index (χ0n) is 15.3. The Hall–Kier alpha value is -1.82. The van der Waals surface area contributed by atoms with E-state index in [1.807, 2.05) is 0 Å². The zero-order valence-corrected chi connectivity index (χ0v) is 15.3. The minimum Gasteiger partial charge on any atom is -0.492 e. The van der Waals surface area contributed by atoms with E-state index in [-0.39, 0.29) is 5.82 Å². The number of halogens is 1. The maximum atomic E-state index is 13.1. The molecule has 0 radical (unpaired) electrons. The number of rotatable bonds is 9. The number of nitrogens with zero attached hydrogens (tertiary/aromatic N) is 1. The fraction of sp³-hybridized carbons (Fsp3) is 0.632. The van der Waals surface area contributed by atoms with Gasteiger partial charge >= 0.3 is 0 Å². The van der Waals surface area contributed by atoms with Crippen LogP contribution in [0.3, 0.4) is 0 Å². The summed E-state index contributed by atoms with van der Waals surface area (Å²) < 4.78 is 23.9. The van der Waals surface area contributed by atoms with Crippen molar-refractivity contribution in [3.8, 4) is 5.75 Å². The first-order valence-electron chi connectivity index (χ1n) is 8.99. The Bertz CT molecular complexity index is 545. The predicted octanol–water partition coefficient (Wildman–Crippen LogP) is 2.97. The van der Waals surface area contributed by atoms with Gasteiger partial charge in [0.05, 0.1) is 6.54 Å². The SMILES string of the molecule is CN=C(NCCOc1cccc(F)c1)NCC1(CCOC)CCCC1. The third kappa shape index (κ3) is 6.53. The number of ether oxygens (including phenoxy) is 2. The monoisotopic (exact) mass is 351 g/mol. The van der Waals surface area contributed by atoms with Crippen molar-refractivity contribution in [1.29, 1.82) is 0 Å².